The number of aliphatic hydroxyl groups is 1. The van der Waals surface area contributed by atoms with E-state index in [1.807, 2.05) is 0 Å². The second kappa shape index (κ2) is 4.85. The lowest BCUT2D eigenvalue weighted by molar-refractivity contribution is 0.0194. The third-order valence-electron chi connectivity index (χ3n) is 4.08. The standard InChI is InChI=1S/C13H15N3O4S2/c17-13(12-14-11(15-20-12)9-3-4-9)5-6-16(8-13)22(18,19)10-2-1-7-21-10/h1-2,7,9,17H,3-6,8H2. The highest BCUT2D eigenvalue weighted by molar-refractivity contribution is 7.91. The molecule has 1 saturated heterocycles. The van der Waals surface area contributed by atoms with E-state index in [2.05, 4.69) is 10.1 Å². The van der Waals surface area contributed by atoms with Crippen LogP contribution >= 0.6 is 11.3 Å². The molecule has 1 saturated carbocycles. The maximum absolute atomic E-state index is 12.5. The Morgan fingerprint density at radius 3 is 2.95 bits per heavy atom. The number of sulfonamides is 1. The van der Waals surface area contributed by atoms with Crippen LogP contribution in [0.5, 0.6) is 0 Å². The Balaban J connectivity index is 1.58. The zero-order valence-electron chi connectivity index (χ0n) is 11.7. The van der Waals surface area contributed by atoms with E-state index < -0.39 is 15.6 Å². The number of nitrogens with zero attached hydrogens (tertiary/aromatic N) is 3. The van der Waals surface area contributed by atoms with E-state index in [0.717, 1.165) is 12.8 Å². The summed E-state index contributed by atoms with van der Waals surface area (Å²) in [7, 11) is -3.57. The van der Waals surface area contributed by atoms with Gasteiger partial charge in [-0.1, -0.05) is 11.2 Å². The van der Waals surface area contributed by atoms with Crippen LogP contribution in [0.1, 0.15) is 36.9 Å². The van der Waals surface area contributed by atoms with Crippen molar-refractivity contribution in [3.63, 3.8) is 0 Å². The van der Waals surface area contributed by atoms with Gasteiger partial charge in [-0.05, 0) is 24.3 Å². The first-order valence-electron chi connectivity index (χ1n) is 7.09. The molecule has 2 aromatic rings. The van der Waals surface area contributed by atoms with Gasteiger partial charge in [0, 0.05) is 18.9 Å². The van der Waals surface area contributed by atoms with Crippen LogP contribution in [0, 0.1) is 0 Å². The lowest BCUT2D eigenvalue weighted by atomic mass is 10.0. The minimum absolute atomic E-state index is 0.0560. The van der Waals surface area contributed by atoms with E-state index in [-0.39, 0.29) is 29.6 Å². The molecule has 0 spiro atoms. The lowest BCUT2D eigenvalue weighted by Gasteiger charge is -2.19. The summed E-state index contributed by atoms with van der Waals surface area (Å²) < 4.78 is 31.7. The molecule has 0 bridgehead atoms. The van der Waals surface area contributed by atoms with Crippen LogP contribution in [0.15, 0.2) is 26.2 Å². The van der Waals surface area contributed by atoms with Crippen molar-refractivity contribution < 1.29 is 18.0 Å². The van der Waals surface area contributed by atoms with Crippen molar-refractivity contribution in [3.8, 4) is 0 Å². The molecule has 0 radical (unpaired) electrons. The van der Waals surface area contributed by atoms with Gasteiger partial charge in [-0.2, -0.15) is 9.29 Å². The molecule has 2 aliphatic rings. The van der Waals surface area contributed by atoms with Crippen LogP contribution < -0.4 is 0 Å². The number of thiophene rings is 1. The Kier molecular flexibility index (Phi) is 3.16. The predicted molar refractivity (Wildman–Crippen MR) is 77.9 cm³/mol. The highest BCUT2D eigenvalue weighted by Gasteiger charge is 2.47. The molecule has 3 heterocycles. The number of β-amino-alcohol motifs (C(OH)–C–C–N with tert-alkyl or cyclic N) is 1. The number of hydrogen-bond acceptors (Lipinski definition) is 7. The Morgan fingerprint density at radius 2 is 2.27 bits per heavy atom. The minimum atomic E-state index is -3.57. The predicted octanol–water partition coefficient (Wildman–Crippen LogP) is 1.29. The van der Waals surface area contributed by atoms with Gasteiger partial charge in [0.25, 0.3) is 15.9 Å². The Hall–Kier alpha value is -1.29. The van der Waals surface area contributed by atoms with Crippen LogP contribution in [0.4, 0.5) is 0 Å². The summed E-state index contributed by atoms with van der Waals surface area (Å²) in [4.78, 5) is 4.26. The zero-order valence-corrected chi connectivity index (χ0v) is 13.3. The summed E-state index contributed by atoms with van der Waals surface area (Å²) >= 11 is 1.17. The SMILES string of the molecule is O=S(=O)(c1cccs1)N1CCC(O)(c2nc(C3CC3)no2)C1. The average Bonchev–Trinajstić information content (AvgIpc) is 2.97. The van der Waals surface area contributed by atoms with Crippen molar-refractivity contribution in [2.24, 2.45) is 0 Å². The van der Waals surface area contributed by atoms with Gasteiger partial charge in [0.2, 0.25) is 0 Å². The first-order valence-corrected chi connectivity index (χ1v) is 9.41. The molecule has 4 rings (SSSR count). The van der Waals surface area contributed by atoms with Crippen LogP contribution in [-0.2, 0) is 15.6 Å². The van der Waals surface area contributed by atoms with Crippen molar-refractivity contribution in [2.75, 3.05) is 13.1 Å². The van der Waals surface area contributed by atoms with Crippen molar-refractivity contribution in [1.29, 1.82) is 0 Å². The molecule has 1 atom stereocenters. The first-order chi connectivity index (χ1) is 10.5. The minimum Gasteiger partial charge on any atom is -0.379 e. The largest absolute Gasteiger partial charge is 0.379 e. The molecule has 0 aromatic carbocycles. The number of rotatable bonds is 4. The monoisotopic (exact) mass is 341 g/mol. The summed E-state index contributed by atoms with van der Waals surface area (Å²) in [6.45, 7) is 0.178. The normalized spacial score (nSPS) is 26.6. The molecular weight excluding hydrogens is 326 g/mol. The number of hydrogen-bond donors (Lipinski definition) is 1. The summed E-state index contributed by atoms with van der Waals surface area (Å²) in [6.07, 6.45) is 2.33. The fourth-order valence-electron chi connectivity index (χ4n) is 2.61. The molecule has 22 heavy (non-hydrogen) atoms. The topological polar surface area (TPSA) is 96.5 Å². The van der Waals surface area contributed by atoms with Gasteiger partial charge in [-0.3, -0.25) is 0 Å². The summed E-state index contributed by atoms with van der Waals surface area (Å²) in [6, 6.07) is 3.26. The van der Waals surface area contributed by atoms with Gasteiger partial charge in [0.1, 0.15) is 4.21 Å². The van der Waals surface area contributed by atoms with Gasteiger partial charge in [0.05, 0.1) is 6.54 Å². The Labute approximate surface area is 131 Å². The summed E-state index contributed by atoms with van der Waals surface area (Å²) in [5.74, 6) is 1.06. The van der Waals surface area contributed by atoms with Gasteiger partial charge in [-0.25, -0.2) is 8.42 Å². The molecule has 1 aliphatic heterocycles. The van der Waals surface area contributed by atoms with Crippen LogP contribution in [0.2, 0.25) is 0 Å². The van der Waals surface area contributed by atoms with Crippen LogP contribution in [-0.4, -0.2) is 41.1 Å². The molecule has 2 fully saturated rings. The number of aromatic nitrogens is 2. The van der Waals surface area contributed by atoms with Crippen LogP contribution in [0.3, 0.4) is 0 Å². The van der Waals surface area contributed by atoms with E-state index in [4.69, 9.17) is 4.52 Å². The fourth-order valence-corrected chi connectivity index (χ4v) is 5.25. The molecular formula is C13H15N3O4S2. The van der Waals surface area contributed by atoms with Crippen LogP contribution in [0.25, 0.3) is 0 Å². The van der Waals surface area contributed by atoms with Crippen molar-refractivity contribution in [2.45, 2.75) is 35.0 Å². The highest BCUT2D eigenvalue weighted by Crippen LogP contribution is 2.40. The average molecular weight is 341 g/mol. The molecule has 118 valence electrons. The maximum Gasteiger partial charge on any atom is 0.260 e. The van der Waals surface area contributed by atoms with Gasteiger partial charge in [-0.15, -0.1) is 11.3 Å². The molecule has 1 aliphatic carbocycles. The summed E-state index contributed by atoms with van der Waals surface area (Å²) in [5, 5.41) is 16.3. The van der Waals surface area contributed by atoms with E-state index in [1.165, 1.54) is 15.6 Å². The quantitative estimate of drug-likeness (QED) is 0.900. The second-order valence-electron chi connectivity index (χ2n) is 5.78. The van der Waals surface area contributed by atoms with E-state index in [9.17, 15) is 13.5 Å². The highest BCUT2D eigenvalue weighted by atomic mass is 32.2. The second-order valence-corrected chi connectivity index (χ2v) is 8.90. The van der Waals surface area contributed by atoms with E-state index >= 15 is 0 Å². The lowest BCUT2D eigenvalue weighted by Crippen LogP contribution is -2.34. The van der Waals surface area contributed by atoms with E-state index in [0.29, 0.717) is 11.7 Å². The van der Waals surface area contributed by atoms with Gasteiger partial charge >= 0.3 is 0 Å². The van der Waals surface area contributed by atoms with Gasteiger partial charge < -0.3 is 9.63 Å². The fraction of sp³-hybridized carbons (Fsp3) is 0.538. The smallest absolute Gasteiger partial charge is 0.260 e. The van der Waals surface area contributed by atoms with Crippen molar-refractivity contribution in [1.82, 2.24) is 14.4 Å². The maximum atomic E-state index is 12.5. The third-order valence-corrected chi connectivity index (χ3v) is 7.30. The van der Waals surface area contributed by atoms with Crippen molar-refractivity contribution in [3.05, 3.63) is 29.2 Å². The zero-order chi connectivity index (χ0) is 15.4. The van der Waals surface area contributed by atoms with E-state index in [1.54, 1.807) is 17.5 Å². The Morgan fingerprint density at radius 1 is 1.45 bits per heavy atom. The van der Waals surface area contributed by atoms with Crippen molar-refractivity contribution >= 4 is 21.4 Å². The summed E-state index contributed by atoms with van der Waals surface area (Å²) in [5.41, 5.74) is -1.40. The third kappa shape index (κ3) is 2.28. The molecule has 9 heteroatoms. The van der Waals surface area contributed by atoms with Gasteiger partial charge in [0.15, 0.2) is 11.4 Å². The Bertz CT molecular complexity index is 782. The molecule has 1 unspecified atom stereocenters. The molecule has 7 nitrogen and oxygen atoms in total. The molecule has 2 aromatic heterocycles. The molecule has 0 amide bonds. The molecule has 1 N–H and O–H groups in total. The first kappa shape index (κ1) is 14.3.